The van der Waals surface area contributed by atoms with Gasteiger partial charge in [-0.2, -0.15) is 0 Å². The minimum Gasteiger partial charge on any atom is -0.306 e. The van der Waals surface area contributed by atoms with Crippen molar-refractivity contribution in [3.05, 3.63) is 61.4 Å². The lowest BCUT2D eigenvalue weighted by molar-refractivity contribution is 0.626. The van der Waals surface area contributed by atoms with Gasteiger partial charge < -0.3 is 5.32 Å². The number of benzene rings is 1. The highest BCUT2D eigenvalue weighted by Gasteiger charge is 2.16. The van der Waals surface area contributed by atoms with Gasteiger partial charge in [0, 0.05) is 19.9 Å². The second-order valence-electron chi connectivity index (χ2n) is 4.39. The van der Waals surface area contributed by atoms with E-state index in [4.69, 9.17) is 0 Å². The van der Waals surface area contributed by atoms with Crippen LogP contribution in [-0.4, -0.2) is 11.5 Å². The van der Waals surface area contributed by atoms with E-state index in [9.17, 15) is 0 Å². The molecule has 0 saturated heterocycles. The zero-order chi connectivity index (χ0) is 13.8. The summed E-state index contributed by atoms with van der Waals surface area (Å²) in [6.07, 6.45) is 1.95. The maximum atomic E-state index is 4.40. The van der Waals surface area contributed by atoms with Crippen LogP contribution in [0.1, 0.15) is 29.8 Å². The molecule has 1 N–H and O–H groups in total. The maximum Gasteiger partial charge on any atom is 0.0603 e. The molecule has 0 aliphatic rings. The standard InChI is InChI=1S/C15H16BrIN2/c1-3-18-15(11-5-4-10(2)19-9-11)13-8-12(17)6-7-14(13)16/h4-9,15,18H,3H2,1-2H3. The number of nitrogens with zero attached hydrogens (tertiary/aromatic N) is 1. The molecule has 4 heteroatoms. The monoisotopic (exact) mass is 430 g/mol. The van der Waals surface area contributed by atoms with E-state index in [0.717, 1.165) is 16.7 Å². The summed E-state index contributed by atoms with van der Waals surface area (Å²) in [7, 11) is 0. The van der Waals surface area contributed by atoms with Crippen LogP contribution in [0.4, 0.5) is 0 Å². The molecule has 1 atom stereocenters. The average molecular weight is 431 g/mol. The summed E-state index contributed by atoms with van der Waals surface area (Å²) in [6.45, 7) is 5.04. The molecule has 0 aliphatic heterocycles. The normalized spacial score (nSPS) is 12.4. The van der Waals surface area contributed by atoms with E-state index in [0.29, 0.717) is 0 Å². The van der Waals surface area contributed by atoms with Gasteiger partial charge in [-0.05, 0) is 71.5 Å². The Morgan fingerprint density at radius 2 is 2.11 bits per heavy atom. The highest BCUT2D eigenvalue weighted by atomic mass is 127. The van der Waals surface area contributed by atoms with Crippen molar-refractivity contribution in [1.29, 1.82) is 0 Å². The molecular weight excluding hydrogens is 415 g/mol. The van der Waals surface area contributed by atoms with Crippen LogP contribution in [0.5, 0.6) is 0 Å². The fraction of sp³-hybridized carbons (Fsp3) is 0.267. The smallest absolute Gasteiger partial charge is 0.0603 e. The average Bonchev–Trinajstić information content (AvgIpc) is 2.40. The molecular formula is C15H16BrIN2. The molecule has 1 unspecified atom stereocenters. The molecule has 2 rings (SSSR count). The molecule has 1 aromatic carbocycles. The van der Waals surface area contributed by atoms with E-state index < -0.39 is 0 Å². The van der Waals surface area contributed by atoms with Crippen LogP contribution in [0.15, 0.2) is 41.0 Å². The molecule has 0 fully saturated rings. The molecule has 0 spiro atoms. The summed E-state index contributed by atoms with van der Waals surface area (Å²) >= 11 is 5.99. The molecule has 2 nitrogen and oxygen atoms in total. The highest BCUT2D eigenvalue weighted by molar-refractivity contribution is 14.1. The Morgan fingerprint density at radius 1 is 1.32 bits per heavy atom. The van der Waals surface area contributed by atoms with E-state index in [-0.39, 0.29) is 6.04 Å². The second kappa shape index (κ2) is 6.81. The first-order chi connectivity index (χ1) is 9.11. The van der Waals surface area contributed by atoms with Crippen molar-refractivity contribution < 1.29 is 0 Å². The van der Waals surface area contributed by atoms with Crippen molar-refractivity contribution in [2.45, 2.75) is 19.9 Å². The molecule has 0 saturated carbocycles. The van der Waals surface area contributed by atoms with Gasteiger partial charge in [0.2, 0.25) is 0 Å². The fourth-order valence-corrected chi connectivity index (χ4v) is 2.99. The number of hydrogen-bond donors (Lipinski definition) is 1. The Morgan fingerprint density at radius 3 is 2.74 bits per heavy atom. The number of hydrogen-bond acceptors (Lipinski definition) is 2. The molecule has 0 bridgehead atoms. The van der Waals surface area contributed by atoms with Crippen LogP contribution < -0.4 is 5.32 Å². The van der Waals surface area contributed by atoms with Gasteiger partial charge in [-0.25, -0.2) is 0 Å². The van der Waals surface area contributed by atoms with Crippen molar-refractivity contribution in [2.75, 3.05) is 6.54 Å². The van der Waals surface area contributed by atoms with Gasteiger partial charge in [0.25, 0.3) is 0 Å². The highest BCUT2D eigenvalue weighted by Crippen LogP contribution is 2.29. The second-order valence-corrected chi connectivity index (χ2v) is 6.49. The van der Waals surface area contributed by atoms with Crippen LogP contribution >= 0.6 is 38.5 Å². The summed E-state index contributed by atoms with van der Waals surface area (Å²) in [5.41, 5.74) is 3.48. The summed E-state index contributed by atoms with van der Waals surface area (Å²) in [4.78, 5) is 4.40. The molecule has 19 heavy (non-hydrogen) atoms. The fourth-order valence-electron chi connectivity index (χ4n) is 2.00. The van der Waals surface area contributed by atoms with Crippen LogP contribution in [0, 0.1) is 10.5 Å². The number of aromatic nitrogens is 1. The molecule has 1 heterocycles. The Balaban J connectivity index is 2.44. The quantitative estimate of drug-likeness (QED) is 0.724. The first-order valence-corrected chi connectivity index (χ1v) is 8.10. The van der Waals surface area contributed by atoms with E-state index in [1.807, 2.05) is 13.1 Å². The van der Waals surface area contributed by atoms with Gasteiger partial charge in [0.1, 0.15) is 0 Å². The van der Waals surface area contributed by atoms with Gasteiger partial charge in [0.15, 0.2) is 0 Å². The van der Waals surface area contributed by atoms with Crippen LogP contribution in [0.25, 0.3) is 0 Å². The van der Waals surface area contributed by atoms with Gasteiger partial charge in [-0.3, -0.25) is 4.98 Å². The zero-order valence-electron chi connectivity index (χ0n) is 11.0. The van der Waals surface area contributed by atoms with Crippen LogP contribution in [0.2, 0.25) is 0 Å². The molecule has 0 amide bonds. The summed E-state index contributed by atoms with van der Waals surface area (Å²) in [6, 6.07) is 10.8. The first-order valence-electron chi connectivity index (χ1n) is 6.22. The Labute approximate surface area is 136 Å². The van der Waals surface area contributed by atoms with Crippen LogP contribution in [-0.2, 0) is 0 Å². The minimum atomic E-state index is 0.169. The van der Waals surface area contributed by atoms with Gasteiger partial charge in [-0.1, -0.05) is 28.9 Å². The van der Waals surface area contributed by atoms with Crippen molar-refractivity contribution in [3.8, 4) is 0 Å². The number of aryl methyl sites for hydroxylation is 1. The largest absolute Gasteiger partial charge is 0.306 e. The van der Waals surface area contributed by atoms with Crippen molar-refractivity contribution in [3.63, 3.8) is 0 Å². The Hall–Kier alpha value is -0.460. The van der Waals surface area contributed by atoms with Crippen LogP contribution in [0.3, 0.4) is 0 Å². The van der Waals surface area contributed by atoms with E-state index in [1.54, 1.807) is 0 Å². The zero-order valence-corrected chi connectivity index (χ0v) is 14.7. The molecule has 0 aliphatic carbocycles. The lowest BCUT2D eigenvalue weighted by Gasteiger charge is -2.20. The SMILES string of the molecule is CCNC(c1ccc(C)nc1)c1cc(I)ccc1Br. The van der Waals surface area contributed by atoms with E-state index in [2.05, 4.69) is 86.1 Å². The summed E-state index contributed by atoms with van der Waals surface area (Å²) in [5, 5.41) is 3.53. The Kier molecular flexibility index (Phi) is 5.36. The number of halogens is 2. The number of nitrogens with one attached hydrogen (secondary N) is 1. The van der Waals surface area contributed by atoms with Gasteiger partial charge in [-0.15, -0.1) is 0 Å². The minimum absolute atomic E-state index is 0.169. The van der Waals surface area contributed by atoms with E-state index in [1.165, 1.54) is 14.7 Å². The molecule has 2 aromatic rings. The summed E-state index contributed by atoms with van der Waals surface area (Å²) < 4.78 is 2.36. The van der Waals surface area contributed by atoms with Gasteiger partial charge >= 0.3 is 0 Å². The number of pyridine rings is 1. The third-order valence-electron chi connectivity index (χ3n) is 2.94. The van der Waals surface area contributed by atoms with E-state index >= 15 is 0 Å². The van der Waals surface area contributed by atoms with Crippen molar-refractivity contribution >= 4 is 38.5 Å². The third kappa shape index (κ3) is 3.77. The van der Waals surface area contributed by atoms with Gasteiger partial charge in [0.05, 0.1) is 6.04 Å². The molecule has 0 radical (unpaired) electrons. The molecule has 100 valence electrons. The number of rotatable bonds is 4. The first kappa shape index (κ1) is 14.9. The topological polar surface area (TPSA) is 24.9 Å². The summed E-state index contributed by atoms with van der Waals surface area (Å²) in [5.74, 6) is 0. The lowest BCUT2D eigenvalue weighted by Crippen LogP contribution is -2.22. The molecule has 1 aromatic heterocycles. The Bertz CT molecular complexity index is 555. The predicted octanol–water partition coefficient (Wildman–Crippen LogP) is 4.46. The van der Waals surface area contributed by atoms with Crippen molar-refractivity contribution in [2.24, 2.45) is 0 Å². The third-order valence-corrected chi connectivity index (χ3v) is 4.34. The lowest BCUT2D eigenvalue weighted by atomic mass is 10.00. The van der Waals surface area contributed by atoms with Crippen molar-refractivity contribution in [1.82, 2.24) is 10.3 Å². The maximum absolute atomic E-state index is 4.40. The predicted molar refractivity (Wildman–Crippen MR) is 91.4 cm³/mol.